The Morgan fingerprint density at radius 1 is 1.61 bits per heavy atom. The molecule has 0 aliphatic carbocycles. The monoisotopic (exact) mass is 254 g/mol. The van der Waals surface area contributed by atoms with Gasteiger partial charge in [-0.25, -0.2) is 4.79 Å². The van der Waals surface area contributed by atoms with Crippen LogP contribution in [0.1, 0.15) is 38.9 Å². The Bertz CT molecular complexity index is 422. The van der Waals surface area contributed by atoms with Crippen LogP contribution in [0.15, 0.2) is 6.20 Å². The zero-order valence-electron chi connectivity index (χ0n) is 11.0. The molecule has 1 N–H and O–H groups in total. The average Bonchev–Trinajstić information content (AvgIpc) is 2.61. The van der Waals surface area contributed by atoms with Crippen molar-refractivity contribution in [2.75, 3.05) is 0 Å². The van der Waals surface area contributed by atoms with Crippen LogP contribution in [0.3, 0.4) is 0 Å². The van der Waals surface area contributed by atoms with Gasteiger partial charge in [-0.15, -0.1) is 5.10 Å². The Morgan fingerprint density at radius 3 is 2.72 bits per heavy atom. The van der Waals surface area contributed by atoms with E-state index < -0.39 is 17.7 Å². The van der Waals surface area contributed by atoms with Crippen LogP contribution in [0.2, 0.25) is 0 Å². The van der Waals surface area contributed by atoms with Crippen LogP contribution in [0.5, 0.6) is 0 Å². The second kappa shape index (κ2) is 5.61. The van der Waals surface area contributed by atoms with E-state index in [4.69, 9.17) is 4.74 Å². The lowest BCUT2D eigenvalue weighted by Crippen LogP contribution is -2.35. The lowest BCUT2D eigenvalue weighted by atomic mass is 10.1. The van der Waals surface area contributed by atoms with E-state index in [2.05, 4.69) is 15.6 Å². The molecule has 7 heteroatoms. The third-order valence-corrected chi connectivity index (χ3v) is 2.00. The van der Waals surface area contributed by atoms with Crippen LogP contribution in [-0.4, -0.2) is 33.0 Å². The first-order valence-corrected chi connectivity index (χ1v) is 5.61. The highest BCUT2D eigenvalue weighted by Gasteiger charge is 2.21. The van der Waals surface area contributed by atoms with Gasteiger partial charge in [0.2, 0.25) is 0 Å². The fraction of sp³-hybridized carbons (Fsp3) is 0.636. The molecule has 0 spiro atoms. The Morgan fingerprint density at radius 2 is 2.28 bits per heavy atom. The maximum atomic E-state index is 11.6. The predicted octanol–water partition coefficient (Wildman–Crippen LogP) is 0.970. The number of carbonyl (C=O) groups excluding carboxylic acids is 2. The molecule has 0 saturated carbocycles. The molecule has 1 amide bonds. The van der Waals surface area contributed by atoms with Gasteiger partial charge in [-0.3, -0.25) is 4.68 Å². The van der Waals surface area contributed by atoms with Gasteiger partial charge < -0.3 is 14.8 Å². The molecule has 1 aromatic rings. The van der Waals surface area contributed by atoms with Gasteiger partial charge in [-0.2, -0.15) is 0 Å². The van der Waals surface area contributed by atoms with Gasteiger partial charge in [0, 0.05) is 13.5 Å². The maximum absolute atomic E-state index is 11.6. The summed E-state index contributed by atoms with van der Waals surface area (Å²) in [6, 6.07) is -0.522. The van der Waals surface area contributed by atoms with Crippen molar-refractivity contribution in [2.24, 2.45) is 7.05 Å². The molecule has 0 aromatic carbocycles. The number of nitrogens with one attached hydrogen (secondary N) is 1. The highest BCUT2D eigenvalue weighted by Crippen LogP contribution is 2.14. The molecule has 0 fully saturated rings. The van der Waals surface area contributed by atoms with Crippen molar-refractivity contribution in [3.8, 4) is 0 Å². The third kappa shape index (κ3) is 4.52. The molecular weight excluding hydrogens is 236 g/mol. The number of nitrogens with zero attached hydrogens (tertiary/aromatic N) is 3. The number of hydrogen-bond acceptors (Lipinski definition) is 5. The standard InChI is InChI=1S/C11H18N4O3/c1-11(2,3)18-10(17)12-8(5-6-16)9-7-15(4)14-13-9/h6-8H,5H2,1-4H3,(H,12,17)/t8-/m1/s1. The Hall–Kier alpha value is -1.92. The number of aromatic nitrogens is 3. The quantitative estimate of drug-likeness (QED) is 0.809. The summed E-state index contributed by atoms with van der Waals surface area (Å²) in [6.07, 6.45) is 1.90. The van der Waals surface area contributed by atoms with Crippen LogP contribution < -0.4 is 5.32 Å². The lowest BCUT2D eigenvalue weighted by molar-refractivity contribution is -0.108. The molecule has 0 unspecified atom stereocenters. The second-order valence-electron chi connectivity index (χ2n) is 4.92. The zero-order chi connectivity index (χ0) is 13.8. The summed E-state index contributed by atoms with van der Waals surface area (Å²) in [5.41, 5.74) is -0.0616. The largest absolute Gasteiger partial charge is 0.444 e. The number of amides is 1. The molecule has 7 nitrogen and oxygen atoms in total. The van der Waals surface area contributed by atoms with Crippen LogP contribution in [0.25, 0.3) is 0 Å². The molecule has 1 heterocycles. The maximum Gasteiger partial charge on any atom is 0.408 e. The minimum atomic E-state index is -0.585. The molecule has 18 heavy (non-hydrogen) atoms. The topological polar surface area (TPSA) is 86.1 Å². The first kappa shape index (κ1) is 14.1. The molecule has 0 aliphatic heterocycles. The molecular formula is C11H18N4O3. The van der Waals surface area contributed by atoms with Crippen molar-refractivity contribution < 1.29 is 14.3 Å². The normalized spacial score (nSPS) is 12.9. The van der Waals surface area contributed by atoms with Gasteiger partial charge in [-0.05, 0) is 20.8 Å². The van der Waals surface area contributed by atoms with E-state index in [9.17, 15) is 9.59 Å². The van der Waals surface area contributed by atoms with E-state index in [1.165, 1.54) is 4.68 Å². The van der Waals surface area contributed by atoms with Crippen molar-refractivity contribution in [3.05, 3.63) is 11.9 Å². The number of alkyl carbamates (subject to hydrolysis) is 1. The zero-order valence-corrected chi connectivity index (χ0v) is 11.0. The van der Waals surface area contributed by atoms with Crippen LogP contribution in [0, 0.1) is 0 Å². The van der Waals surface area contributed by atoms with Gasteiger partial charge in [0.15, 0.2) is 0 Å². The minimum Gasteiger partial charge on any atom is -0.444 e. The van der Waals surface area contributed by atoms with E-state index in [1.807, 2.05) is 0 Å². The number of aldehydes is 1. The fourth-order valence-corrected chi connectivity index (χ4v) is 1.32. The van der Waals surface area contributed by atoms with Crippen LogP contribution >= 0.6 is 0 Å². The van der Waals surface area contributed by atoms with Gasteiger partial charge in [-0.1, -0.05) is 5.21 Å². The van der Waals surface area contributed by atoms with E-state index in [0.717, 1.165) is 6.29 Å². The van der Waals surface area contributed by atoms with Gasteiger partial charge in [0.05, 0.1) is 12.2 Å². The summed E-state index contributed by atoms with van der Waals surface area (Å²) in [6.45, 7) is 5.30. The highest BCUT2D eigenvalue weighted by molar-refractivity contribution is 5.69. The van der Waals surface area contributed by atoms with Crippen molar-refractivity contribution >= 4 is 12.4 Å². The Kier molecular flexibility index (Phi) is 4.41. The molecule has 0 radical (unpaired) electrons. The Balaban J connectivity index is 2.69. The first-order valence-electron chi connectivity index (χ1n) is 5.61. The average molecular weight is 254 g/mol. The molecule has 0 aliphatic rings. The number of ether oxygens (including phenoxy) is 1. The van der Waals surface area contributed by atoms with Gasteiger partial charge in [0.25, 0.3) is 0 Å². The van der Waals surface area contributed by atoms with E-state index in [1.54, 1.807) is 34.0 Å². The summed E-state index contributed by atoms with van der Waals surface area (Å²) in [7, 11) is 1.71. The van der Waals surface area contributed by atoms with Crippen molar-refractivity contribution in [1.29, 1.82) is 0 Å². The van der Waals surface area contributed by atoms with Crippen molar-refractivity contribution in [3.63, 3.8) is 0 Å². The summed E-state index contributed by atoms with van der Waals surface area (Å²) >= 11 is 0. The van der Waals surface area contributed by atoms with Gasteiger partial charge >= 0.3 is 6.09 Å². The molecule has 1 atom stereocenters. The van der Waals surface area contributed by atoms with E-state index in [-0.39, 0.29) is 6.42 Å². The minimum absolute atomic E-state index is 0.123. The molecule has 0 bridgehead atoms. The fourth-order valence-electron chi connectivity index (χ4n) is 1.32. The van der Waals surface area contributed by atoms with E-state index >= 15 is 0 Å². The Labute approximate surface area is 105 Å². The molecule has 1 rings (SSSR count). The van der Waals surface area contributed by atoms with Crippen LogP contribution in [0.4, 0.5) is 4.79 Å². The smallest absolute Gasteiger partial charge is 0.408 e. The highest BCUT2D eigenvalue weighted by atomic mass is 16.6. The molecule has 1 aromatic heterocycles. The SMILES string of the molecule is Cn1cc([C@@H](CC=O)NC(=O)OC(C)(C)C)nn1. The van der Waals surface area contributed by atoms with Crippen LogP contribution in [-0.2, 0) is 16.6 Å². The number of rotatable bonds is 4. The summed E-state index contributed by atoms with van der Waals surface area (Å²) < 4.78 is 6.63. The molecule has 0 saturated heterocycles. The summed E-state index contributed by atoms with van der Waals surface area (Å²) in [4.78, 5) is 22.2. The first-order chi connectivity index (χ1) is 8.31. The van der Waals surface area contributed by atoms with Gasteiger partial charge in [0.1, 0.15) is 17.6 Å². The second-order valence-corrected chi connectivity index (χ2v) is 4.92. The number of carbonyl (C=O) groups is 2. The lowest BCUT2D eigenvalue weighted by Gasteiger charge is -2.21. The summed E-state index contributed by atoms with van der Waals surface area (Å²) in [5, 5.41) is 10.2. The molecule has 100 valence electrons. The number of aryl methyl sites for hydroxylation is 1. The van der Waals surface area contributed by atoms with E-state index in [0.29, 0.717) is 5.69 Å². The van der Waals surface area contributed by atoms with Crippen molar-refractivity contribution in [2.45, 2.75) is 38.8 Å². The summed E-state index contributed by atoms with van der Waals surface area (Å²) in [5.74, 6) is 0. The third-order valence-electron chi connectivity index (χ3n) is 2.00. The van der Waals surface area contributed by atoms with Crippen molar-refractivity contribution in [1.82, 2.24) is 20.3 Å². The predicted molar refractivity (Wildman–Crippen MR) is 63.8 cm³/mol. The number of hydrogen-bond donors (Lipinski definition) is 1.